The monoisotopic (exact) mass is 272 g/mol. The van der Waals surface area contributed by atoms with Gasteiger partial charge < -0.3 is 4.74 Å². The molecule has 1 aromatic carbocycles. The molecule has 0 N–H and O–H groups in total. The zero-order chi connectivity index (χ0) is 14.6. The third-order valence-electron chi connectivity index (χ3n) is 4.61. The van der Waals surface area contributed by atoms with Gasteiger partial charge in [-0.15, -0.1) is 6.58 Å². The second kappa shape index (κ2) is 6.25. The molecule has 0 spiro atoms. The van der Waals surface area contributed by atoms with Gasteiger partial charge >= 0.3 is 5.97 Å². The van der Waals surface area contributed by atoms with Crippen molar-refractivity contribution in [1.82, 2.24) is 0 Å². The lowest BCUT2D eigenvalue weighted by Crippen LogP contribution is -2.12. The van der Waals surface area contributed by atoms with E-state index in [9.17, 15) is 4.79 Å². The molecule has 0 heterocycles. The highest BCUT2D eigenvalue weighted by Gasteiger charge is 2.63. The Balaban J connectivity index is 2.00. The van der Waals surface area contributed by atoms with Gasteiger partial charge in [-0.3, -0.25) is 4.79 Å². The molecule has 3 atom stereocenters. The van der Waals surface area contributed by atoms with E-state index in [1.165, 1.54) is 5.56 Å². The first-order valence-electron chi connectivity index (χ1n) is 7.45. The zero-order valence-electron chi connectivity index (χ0n) is 12.5. The summed E-state index contributed by atoms with van der Waals surface area (Å²) >= 11 is 0. The van der Waals surface area contributed by atoms with Crippen LogP contribution in [-0.2, 0) is 16.0 Å². The Labute approximate surface area is 121 Å². The van der Waals surface area contributed by atoms with Crippen LogP contribution in [0, 0.1) is 17.3 Å². The molecule has 2 nitrogen and oxygen atoms in total. The van der Waals surface area contributed by atoms with Crippen molar-refractivity contribution in [3.05, 3.63) is 48.6 Å². The van der Waals surface area contributed by atoms with Crippen molar-refractivity contribution in [2.45, 2.75) is 33.1 Å². The van der Waals surface area contributed by atoms with Crippen LogP contribution < -0.4 is 0 Å². The molecule has 0 aliphatic heterocycles. The molecule has 2 rings (SSSR count). The lowest BCUT2D eigenvalue weighted by molar-refractivity contribution is -0.145. The number of allylic oxidation sites excluding steroid dienone is 1. The Morgan fingerprint density at radius 2 is 2.10 bits per heavy atom. The van der Waals surface area contributed by atoms with Crippen molar-refractivity contribution in [2.75, 3.05) is 6.61 Å². The molecular weight excluding hydrogens is 248 g/mol. The zero-order valence-corrected chi connectivity index (χ0v) is 12.5. The van der Waals surface area contributed by atoms with Crippen LogP contribution in [0.25, 0.3) is 0 Å². The number of hydrogen-bond acceptors (Lipinski definition) is 2. The third-order valence-corrected chi connectivity index (χ3v) is 4.61. The van der Waals surface area contributed by atoms with Crippen molar-refractivity contribution in [3.8, 4) is 0 Å². The Kier molecular flexibility index (Phi) is 4.64. The number of aryl methyl sites for hydroxylation is 1. The van der Waals surface area contributed by atoms with Gasteiger partial charge in [0.15, 0.2) is 0 Å². The summed E-state index contributed by atoms with van der Waals surface area (Å²) in [7, 11) is 0. The highest BCUT2D eigenvalue weighted by Crippen LogP contribution is 2.63. The lowest BCUT2D eigenvalue weighted by atomic mass is 9.94. The van der Waals surface area contributed by atoms with Crippen LogP contribution in [0.3, 0.4) is 0 Å². The third kappa shape index (κ3) is 2.95. The van der Waals surface area contributed by atoms with E-state index in [4.69, 9.17) is 4.74 Å². The van der Waals surface area contributed by atoms with E-state index >= 15 is 0 Å². The van der Waals surface area contributed by atoms with E-state index in [0.29, 0.717) is 12.5 Å². The largest absolute Gasteiger partial charge is 0.466 e. The summed E-state index contributed by atoms with van der Waals surface area (Å²) in [5.41, 5.74) is 1.40. The van der Waals surface area contributed by atoms with Crippen LogP contribution in [0.5, 0.6) is 0 Å². The summed E-state index contributed by atoms with van der Waals surface area (Å²) in [6, 6.07) is 10.5. The molecule has 108 valence electrons. The standard InChI is InChI=1S/C18H24O2/c1-4-9-15-16(17(19)20-5-2)18(15,3)13-12-14-10-7-6-8-11-14/h4,6-8,10-11,15-16H,1,5,9,12-13H2,2-3H3. The summed E-state index contributed by atoms with van der Waals surface area (Å²) in [5, 5.41) is 0. The first-order chi connectivity index (χ1) is 9.63. The maximum atomic E-state index is 12.1. The predicted octanol–water partition coefficient (Wildman–Crippen LogP) is 4.01. The Hall–Kier alpha value is -1.57. The van der Waals surface area contributed by atoms with Crippen molar-refractivity contribution in [3.63, 3.8) is 0 Å². The van der Waals surface area contributed by atoms with Gasteiger partial charge in [0.1, 0.15) is 0 Å². The molecule has 1 aliphatic rings. The van der Waals surface area contributed by atoms with Gasteiger partial charge in [0.2, 0.25) is 0 Å². The van der Waals surface area contributed by atoms with E-state index in [-0.39, 0.29) is 17.3 Å². The van der Waals surface area contributed by atoms with E-state index in [1.807, 2.05) is 19.1 Å². The summed E-state index contributed by atoms with van der Waals surface area (Å²) in [4.78, 5) is 12.1. The second-order valence-corrected chi connectivity index (χ2v) is 5.85. The summed E-state index contributed by atoms with van der Waals surface area (Å²) in [6.07, 6.45) is 4.86. The number of hydrogen-bond donors (Lipinski definition) is 0. The maximum Gasteiger partial charge on any atom is 0.309 e. The Morgan fingerprint density at radius 3 is 2.70 bits per heavy atom. The van der Waals surface area contributed by atoms with Gasteiger partial charge in [0.25, 0.3) is 0 Å². The van der Waals surface area contributed by atoms with E-state index in [1.54, 1.807) is 0 Å². The van der Waals surface area contributed by atoms with Crippen LogP contribution in [0.4, 0.5) is 0 Å². The molecule has 0 radical (unpaired) electrons. The maximum absolute atomic E-state index is 12.1. The van der Waals surface area contributed by atoms with Crippen LogP contribution in [0.15, 0.2) is 43.0 Å². The highest BCUT2D eigenvalue weighted by atomic mass is 16.5. The van der Waals surface area contributed by atoms with Crippen molar-refractivity contribution in [1.29, 1.82) is 0 Å². The quantitative estimate of drug-likeness (QED) is 0.554. The fourth-order valence-corrected chi connectivity index (χ4v) is 3.31. The minimum atomic E-state index is -0.0325. The number of esters is 1. The Bertz CT molecular complexity index is 466. The Morgan fingerprint density at radius 1 is 1.40 bits per heavy atom. The second-order valence-electron chi connectivity index (χ2n) is 5.85. The average molecular weight is 272 g/mol. The molecule has 20 heavy (non-hydrogen) atoms. The molecular formula is C18H24O2. The van der Waals surface area contributed by atoms with Gasteiger partial charge in [-0.05, 0) is 43.1 Å². The summed E-state index contributed by atoms with van der Waals surface area (Å²) < 4.78 is 5.22. The number of carbonyl (C=O) groups excluding carboxylic acids is 1. The number of carbonyl (C=O) groups is 1. The van der Waals surface area contributed by atoms with Gasteiger partial charge in [0, 0.05) is 0 Å². The van der Waals surface area contributed by atoms with Crippen LogP contribution >= 0.6 is 0 Å². The van der Waals surface area contributed by atoms with Crippen LogP contribution in [0.1, 0.15) is 32.3 Å². The predicted molar refractivity (Wildman–Crippen MR) is 81.3 cm³/mol. The summed E-state index contributed by atoms with van der Waals surface area (Å²) in [5.74, 6) is 0.404. The van der Waals surface area contributed by atoms with Crippen LogP contribution in [-0.4, -0.2) is 12.6 Å². The van der Waals surface area contributed by atoms with Gasteiger partial charge in [-0.1, -0.05) is 43.3 Å². The minimum Gasteiger partial charge on any atom is -0.466 e. The smallest absolute Gasteiger partial charge is 0.309 e. The summed E-state index contributed by atoms with van der Waals surface area (Å²) in [6.45, 7) is 8.35. The minimum absolute atomic E-state index is 0.0325. The molecule has 0 saturated heterocycles. The molecule has 1 aromatic rings. The fraction of sp³-hybridized carbons (Fsp3) is 0.500. The number of benzene rings is 1. The molecule has 1 aliphatic carbocycles. The van der Waals surface area contributed by atoms with Crippen molar-refractivity contribution in [2.24, 2.45) is 17.3 Å². The van der Waals surface area contributed by atoms with E-state index in [2.05, 4.69) is 37.8 Å². The van der Waals surface area contributed by atoms with E-state index in [0.717, 1.165) is 19.3 Å². The molecule has 2 heteroatoms. The molecule has 0 amide bonds. The van der Waals surface area contributed by atoms with E-state index < -0.39 is 0 Å². The normalized spacial score (nSPS) is 27.9. The molecule has 0 bridgehead atoms. The molecule has 1 saturated carbocycles. The van der Waals surface area contributed by atoms with Crippen molar-refractivity contribution < 1.29 is 9.53 Å². The van der Waals surface area contributed by atoms with Gasteiger partial charge in [-0.2, -0.15) is 0 Å². The molecule has 3 unspecified atom stereocenters. The first kappa shape index (κ1) is 14.8. The first-order valence-corrected chi connectivity index (χ1v) is 7.45. The molecule has 1 fully saturated rings. The number of rotatable bonds is 7. The van der Waals surface area contributed by atoms with Gasteiger partial charge in [0.05, 0.1) is 12.5 Å². The SMILES string of the molecule is C=CCC1C(C(=O)OCC)C1(C)CCc1ccccc1. The fourth-order valence-electron chi connectivity index (χ4n) is 3.31. The number of ether oxygens (including phenoxy) is 1. The van der Waals surface area contributed by atoms with Crippen molar-refractivity contribution >= 4 is 5.97 Å². The van der Waals surface area contributed by atoms with Gasteiger partial charge in [-0.25, -0.2) is 0 Å². The van der Waals surface area contributed by atoms with Crippen LogP contribution in [0.2, 0.25) is 0 Å². The molecule has 0 aromatic heterocycles. The lowest BCUT2D eigenvalue weighted by Gasteiger charge is -2.11. The topological polar surface area (TPSA) is 26.3 Å². The highest BCUT2D eigenvalue weighted by molar-refractivity contribution is 5.77. The average Bonchev–Trinajstić information content (AvgIpc) is 3.04.